The zero-order valence-corrected chi connectivity index (χ0v) is 11.5. The Morgan fingerprint density at radius 3 is 2.45 bits per heavy atom. The summed E-state index contributed by atoms with van der Waals surface area (Å²) >= 11 is 2.98. The first-order valence-electron chi connectivity index (χ1n) is 5.41. The molecule has 2 aromatic carbocycles. The van der Waals surface area contributed by atoms with Crippen LogP contribution in [-0.2, 0) is 6.18 Å². The van der Waals surface area contributed by atoms with Crippen LogP contribution < -0.4 is 10.5 Å². The SMILES string of the molecule is Nc1c(O)cccc1Oc1ccc(Br)cc1C(F)(F)F. The number of alkyl halides is 3. The molecule has 0 amide bonds. The highest BCUT2D eigenvalue weighted by Crippen LogP contribution is 2.41. The molecule has 20 heavy (non-hydrogen) atoms. The van der Waals surface area contributed by atoms with Crippen LogP contribution >= 0.6 is 15.9 Å². The average Bonchev–Trinajstić information content (AvgIpc) is 2.36. The Morgan fingerprint density at radius 2 is 1.80 bits per heavy atom. The van der Waals surface area contributed by atoms with E-state index in [1.807, 2.05) is 0 Å². The van der Waals surface area contributed by atoms with Gasteiger partial charge >= 0.3 is 6.18 Å². The van der Waals surface area contributed by atoms with Crippen LogP contribution in [0.2, 0.25) is 0 Å². The largest absolute Gasteiger partial charge is 0.506 e. The Hall–Kier alpha value is -1.89. The number of ether oxygens (including phenoxy) is 1. The van der Waals surface area contributed by atoms with Crippen LogP contribution in [0.15, 0.2) is 40.9 Å². The van der Waals surface area contributed by atoms with Crippen molar-refractivity contribution < 1.29 is 23.0 Å². The van der Waals surface area contributed by atoms with Gasteiger partial charge < -0.3 is 15.6 Å². The summed E-state index contributed by atoms with van der Waals surface area (Å²) in [7, 11) is 0. The van der Waals surface area contributed by atoms with Gasteiger partial charge in [-0.2, -0.15) is 13.2 Å². The highest BCUT2D eigenvalue weighted by Gasteiger charge is 2.35. The fourth-order valence-corrected chi connectivity index (χ4v) is 1.91. The Bertz CT molecular complexity index is 644. The smallest absolute Gasteiger partial charge is 0.420 e. The number of para-hydroxylation sites is 1. The minimum absolute atomic E-state index is 0.0437. The second-order valence-electron chi connectivity index (χ2n) is 3.93. The number of nitrogen functional groups attached to an aromatic ring is 1. The van der Waals surface area contributed by atoms with Gasteiger partial charge in [-0.1, -0.05) is 22.0 Å². The number of anilines is 1. The van der Waals surface area contributed by atoms with Crippen molar-refractivity contribution in [2.24, 2.45) is 0 Å². The van der Waals surface area contributed by atoms with Crippen molar-refractivity contribution in [3.8, 4) is 17.2 Å². The molecule has 0 aromatic heterocycles. The van der Waals surface area contributed by atoms with Gasteiger partial charge in [-0.25, -0.2) is 0 Å². The standard InChI is InChI=1S/C13H9BrF3NO2/c14-7-4-5-10(8(6-7)13(15,16)17)20-11-3-1-2-9(19)12(11)18/h1-6,19H,18H2. The molecule has 0 unspecified atom stereocenters. The minimum Gasteiger partial charge on any atom is -0.506 e. The second-order valence-corrected chi connectivity index (χ2v) is 4.84. The third-order valence-electron chi connectivity index (χ3n) is 2.51. The third kappa shape index (κ3) is 2.98. The summed E-state index contributed by atoms with van der Waals surface area (Å²) in [6, 6.07) is 7.62. The lowest BCUT2D eigenvalue weighted by molar-refractivity contribution is -0.138. The zero-order chi connectivity index (χ0) is 14.9. The maximum atomic E-state index is 12.9. The maximum absolute atomic E-state index is 12.9. The number of hydrogen-bond donors (Lipinski definition) is 2. The monoisotopic (exact) mass is 347 g/mol. The van der Waals surface area contributed by atoms with Gasteiger partial charge in [0.25, 0.3) is 0 Å². The molecule has 0 saturated carbocycles. The number of phenolic OH excluding ortho intramolecular Hbond substituents is 1. The molecule has 0 aliphatic rings. The molecular weight excluding hydrogens is 339 g/mol. The normalized spacial score (nSPS) is 11.4. The molecule has 3 N–H and O–H groups in total. The fourth-order valence-electron chi connectivity index (χ4n) is 1.55. The van der Waals surface area contributed by atoms with Crippen molar-refractivity contribution in [1.82, 2.24) is 0 Å². The van der Waals surface area contributed by atoms with Gasteiger partial charge in [0, 0.05) is 4.47 Å². The molecule has 0 heterocycles. The van der Waals surface area contributed by atoms with Gasteiger partial charge in [0.15, 0.2) is 5.75 Å². The maximum Gasteiger partial charge on any atom is 0.420 e. The van der Waals surface area contributed by atoms with Crippen molar-refractivity contribution in [2.75, 3.05) is 5.73 Å². The van der Waals surface area contributed by atoms with Crippen LogP contribution in [0.25, 0.3) is 0 Å². The predicted molar refractivity (Wildman–Crippen MR) is 71.7 cm³/mol. The molecule has 2 rings (SSSR count). The van der Waals surface area contributed by atoms with Crippen LogP contribution in [-0.4, -0.2) is 5.11 Å². The number of nitrogens with two attached hydrogens (primary N) is 1. The summed E-state index contributed by atoms with van der Waals surface area (Å²) < 4.78 is 44.2. The quantitative estimate of drug-likeness (QED) is 0.619. The van der Waals surface area contributed by atoms with Crippen molar-refractivity contribution >= 4 is 21.6 Å². The highest BCUT2D eigenvalue weighted by molar-refractivity contribution is 9.10. The Morgan fingerprint density at radius 1 is 1.10 bits per heavy atom. The molecule has 0 fully saturated rings. The van der Waals surface area contributed by atoms with Crippen LogP contribution in [0.4, 0.5) is 18.9 Å². The van der Waals surface area contributed by atoms with E-state index in [2.05, 4.69) is 15.9 Å². The Labute approximate surface area is 120 Å². The average molecular weight is 348 g/mol. The van der Waals surface area contributed by atoms with Crippen molar-refractivity contribution in [2.45, 2.75) is 6.18 Å². The van der Waals surface area contributed by atoms with E-state index in [4.69, 9.17) is 10.5 Å². The van der Waals surface area contributed by atoms with Gasteiger partial charge in [0.1, 0.15) is 17.2 Å². The summed E-state index contributed by atoms with van der Waals surface area (Å²) in [5, 5.41) is 9.42. The second kappa shape index (κ2) is 5.24. The zero-order valence-electron chi connectivity index (χ0n) is 9.91. The molecule has 3 nitrogen and oxygen atoms in total. The van der Waals surface area contributed by atoms with Crippen molar-refractivity contribution in [1.29, 1.82) is 0 Å². The van der Waals surface area contributed by atoms with E-state index >= 15 is 0 Å². The van der Waals surface area contributed by atoms with E-state index in [0.717, 1.165) is 6.07 Å². The Balaban J connectivity index is 2.46. The van der Waals surface area contributed by atoms with Crippen LogP contribution in [0.3, 0.4) is 0 Å². The summed E-state index contributed by atoms with van der Waals surface area (Å²) in [6.45, 7) is 0. The van der Waals surface area contributed by atoms with E-state index < -0.39 is 17.5 Å². The predicted octanol–water partition coefficient (Wildman–Crippen LogP) is 4.55. The lowest BCUT2D eigenvalue weighted by atomic mass is 10.2. The van der Waals surface area contributed by atoms with Gasteiger partial charge in [0.05, 0.1) is 5.56 Å². The molecule has 0 saturated heterocycles. The van der Waals surface area contributed by atoms with Crippen LogP contribution in [0.5, 0.6) is 17.2 Å². The fraction of sp³-hybridized carbons (Fsp3) is 0.0769. The first-order chi connectivity index (χ1) is 9.29. The first-order valence-corrected chi connectivity index (χ1v) is 6.20. The molecule has 106 valence electrons. The first kappa shape index (κ1) is 14.5. The topological polar surface area (TPSA) is 55.5 Å². The van der Waals surface area contributed by atoms with Crippen LogP contribution in [0.1, 0.15) is 5.56 Å². The molecule has 0 aliphatic carbocycles. The van der Waals surface area contributed by atoms with Crippen molar-refractivity contribution in [3.63, 3.8) is 0 Å². The molecule has 7 heteroatoms. The third-order valence-corrected chi connectivity index (χ3v) is 3.00. The molecule has 2 aromatic rings. The molecule has 0 aliphatic heterocycles. The minimum atomic E-state index is -4.56. The van der Waals surface area contributed by atoms with E-state index in [1.54, 1.807) is 0 Å². The van der Waals surface area contributed by atoms with Crippen molar-refractivity contribution in [3.05, 3.63) is 46.4 Å². The number of benzene rings is 2. The molecule has 0 radical (unpaired) electrons. The van der Waals surface area contributed by atoms with Gasteiger partial charge in [-0.05, 0) is 30.3 Å². The number of aromatic hydroxyl groups is 1. The number of rotatable bonds is 2. The summed E-state index contributed by atoms with van der Waals surface area (Å²) in [5.74, 6) is -0.691. The lowest BCUT2D eigenvalue weighted by Crippen LogP contribution is -2.07. The van der Waals surface area contributed by atoms with E-state index in [9.17, 15) is 18.3 Å². The molecule has 0 atom stereocenters. The van der Waals surface area contributed by atoms with Crippen LogP contribution in [0, 0.1) is 0 Å². The summed E-state index contributed by atoms with van der Waals surface area (Å²) in [5.41, 5.74) is 4.50. The Kier molecular flexibility index (Phi) is 3.80. The molecule has 0 bridgehead atoms. The molecular formula is C13H9BrF3NO2. The number of phenols is 1. The summed E-state index contributed by atoms with van der Waals surface area (Å²) in [4.78, 5) is 0. The van der Waals surface area contributed by atoms with E-state index in [1.165, 1.54) is 30.3 Å². The number of halogens is 4. The van der Waals surface area contributed by atoms with Gasteiger partial charge in [-0.15, -0.1) is 0 Å². The van der Waals surface area contributed by atoms with Gasteiger partial charge in [0.2, 0.25) is 0 Å². The van der Waals surface area contributed by atoms with E-state index in [0.29, 0.717) is 0 Å². The van der Waals surface area contributed by atoms with Gasteiger partial charge in [-0.3, -0.25) is 0 Å². The lowest BCUT2D eigenvalue weighted by Gasteiger charge is -2.15. The van der Waals surface area contributed by atoms with E-state index in [-0.39, 0.29) is 21.7 Å². The highest BCUT2D eigenvalue weighted by atomic mass is 79.9. The summed E-state index contributed by atoms with van der Waals surface area (Å²) in [6.07, 6.45) is -4.56. The number of hydrogen-bond acceptors (Lipinski definition) is 3. The molecule has 0 spiro atoms.